The number of anilines is 2. The highest BCUT2D eigenvalue weighted by Gasteiger charge is 2.45. The number of hydrogen-bond acceptors (Lipinski definition) is 4. The minimum atomic E-state index is -3.44. The molecule has 0 saturated heterocycles. The number of methoxy groups -OCH3 is 1. The first-order valence-electron chi connectivity index (χ1n) is 7.99. The molecule has 8 heteroatoms. The fraction of sp³-hybridized carbons (Fsp3) is 0.278. The van der Waals surface area contributed by atoms with Crippen LogP contribution in [0.25, 0.3) is 0 Å². The molecule has 2 aromatic carbocycles. The van der Waals surface area contributed by atoms with Crippen LogP contribution < -0.4 is 14.8 Å². The standard InChI is InChI=1S/C18H19FN2O4S/c1-25-17-9-11(7-8-16(17)21-26(2,23)24)20-18(22)14-10-13(14)12-5-3-4-6-15(12)19/h3-9,13-14,21H,10H2,1-2H3,(H,20,22)/t13-,14-/m1/s1. The van der Waals surface area contributed by atoms with Crippen molar-refractivity contribution in [3.05, 3.63) is 53.8 Å². The van der Waals surface area contributed by atoms with Gasteiger partial charge in [0.2, 0.25) is 15.9 Å². The monoisotopic (exact) mass is 378 g/mol. The number of ether oxygens (including phenoxy) is 1. The Morgan fingerprint density at radius 3 is 2.62 bits per heavy atom. The quantitative estimate of drug-likeness (QED) is 0.809. The third-order valence-corrected chi connectivity index (χ3v) is 4.79. The van der Waals surface area contributed by atoms with Gasteiger partial charge in [0.25, 0.3) is 0 Å². The smallest absolute Gasteiger partial charge is 0.229 e. The molecule has 1 aliphatic rings. The summed E-state index contributed by atoms with van der Waals surface area (Å²) >= 11 is 0. The van der Waals surface area contributed by atoms with Gasteiger partial charge >= 0.3 is 0 Å². The number of benzene rings is 2. The van der Waals surface area contributed by atoms with Gasteiger partial charge in [-0.25, -0.2) is 12.8 Å². The molecule has 0 unspecified atom stereocenters. The molecule has 2 N–H and O–H groups in total. The second-order valence-corrected chi connectivity index (χ2v) is 8.00. The molecule has 138 valence electrons. The van der Waals surface area contributed by atoms with E-state index < -0.39 is 10.0 Å². The molecule has 6 nitrogen and oxygen atoms in total. The molecule has 0 aromatic heterocycles. The maximum absolute atomic E-state index is 13.8. The number of hydrogen-bond donors (Lipinski definition) is 2. The van der Waals surface area contributed by atoms with Crippen molar-refractivity contribution in [2.75, 3.05) is 23.4 Å². The number of sulfonamides is 1. The van der Waals surface area contributed by atoms with E-state index in [9.17, 15) is 17.6 Å². The van der Waals surface area contributed by atoms with Gasteiger partial charge in [-0.05, 0) is 36.1 Å². The number of amides is 1. The number of halogens is 1. The Hall–Kier alpha value is -2.61. The summed E-state index contributed by atoms with van der Waals surface area (Å²) in [5.74, 6) is -0.625. The van der Waals surface area contributed by atoms with Crippen molar-refractivity contribution in [1.29, 1.82) is 0 Å². The third kappa shape index (κ3) is 4.13. The van der Waals surface area contributed by atoms with Crippen LogP contribution in [0.4, 0.5) is 15.8 Å². The Balaban J connectivity index is 1.70. The predicted octanol–water partition coefficient (Wildman–Crippen LogP) is 2.95. The van der Waals surface area contributed by atoms with Crippen molar-refractivity contribution >= 4 is 27.3 Å². The van der Waals surface area contributed by atoms with Gasteiger partial charge in [-0.3, -0.25) is 9.52 Å². The highest BCUT2D eigenvalue weighted by Crippen LogP contribution is 2.48. The molecule has 0 heterocycles. The van der Waals surface area contributed by atoms with Crippen LogP contribution in [0.3, 0.4) is 0 Å². The summed E-state index contributed by atoms with van der Waals surface area (Å²) in [7, 11) is -2.04. The molecule has 0 spiro atoms. The van der Waals surface area contributed by atoms with Crippen LogP contribution >= 0.6 is 0 Å². The van der Waals surface area contributed by atoms with E-state index in [0.29, 0.717) is 17.7 Å². The van der Waals surface area contributed by atoms with Crippen LogP contribution in [-0.2, 0) is 14.8 Å². The Bertz CT molecular complexity index is 946. The fourth-order valence-electron chi connectivity index (χ4n) is 2.89. The minimum absolute atomic E-state index is 0.121. The van der Waals surface area contributed by atoms with Crippen molar-refractivity contribution in [3.63, 3.8) is 0 Å². The first-order chi connectivity index (χ1) is 12.3. The van der Waals surface area contributed by atoms with Gasteiger partial charge in [-0.1, -0.05) is 18.2 Å². The zero-order chi connectivity index (χ0) is 18.9. The average Bonchev–Trinajstić information content (AvgIpc) is 3.36. The fourth-order valence-corrected chi connectivity index (χ4v) is 3.46. The molecule has 26 heavy (non-hydrogen) atoms. The van der Waals surface area contributed by atoms with Gasteiger partial charge in [0, 0.05) is 17.7 Å². The molecular formula is C18H19FN2O4S. The van der Waals surface area contributed by atoms with Crippen molar-refractivity contribution in [2.24, 2.45) is 5.92 Å². The van der Waals surface area contributed by atoms with Gasteiger partial charge in [0.05, 0.1) is 19.1 Å². The van der Waals surface area contributed by atoms with Gasteiger partial charge in [0.1, 0.15) is 11.6 Å². The van der Waals surface area contributed by atoms with E-state index in [2.05, 4.69) is 10.0 Å². The SMILES string of the molecule is COc1cc(NC(=O)[C@@H]2C[C@@H]2c2ccccc2F)ccc1NS(C)(=O)=O. The summed E-state index contributed by atoms with van der Waals surface area (Å²) in [6, 6.07) is 11.1. The molecule has 1 aliphatic carbocycles. The van der Waals surface area contributed by atoms with E-state index in [4.69, 9.17) is 4.74 Å². The summed E-state index contributed by atoms with van der Waals surface area (Å²) in [5, 5.41) is 2.77. The topological polar surface area (TPSA) is 84.5 Å². The third-order valence-electron chi connectivity index (χ3n) is 4.20. The summed E-state index contributed by atoms with van der Waals surface area (Å²) < 4.78 is 44.1. The Morgan fingerprint density at radius 1 is 1.23 bits per heavy atom. The van der Waals surface area contributed by atoms with Crippen LogP contribution in [0.2, 0.25) is 0 Å². The molecule has 2 aromatic rings. The molecular weight excluding hydrogens is 359 g/mol. The molecule has 0 aliphatic heterocycles. The lowest BCUT2D eigenvalue weighted by atomic mass is 10.1. The minimum Gasteiger partial charge on any atom is -0.494 e. The maximum Gasteiger partial charge on any atom is 0.229 e. The summed E-state index contributed by atoms with van der Waals surface area (Å²) in [5.41, 5.74) is 1.31. The van der Waals surface area contributed by atoms with Crippen molar-refractivity contribution < 1.29 is 22.3 Å². The zero-order valence-electron chi connectivity index (χ0n) is 14.3. The van der Waals surface area contributed by atoms with Crippen LogP contribution in [0, 0.1) is 11.7 Å². The lowest BCUT2D eigenvalue weighted by molar-refractivity contribution is -0.117. The summed E-state index contributed by atoms with van der Waals surface area (Å²) in [4.78, 5) is 12.4. The van der Waals surface area contributed by atoms with E-state index >= 15 is 0 Å². The Labute approximate surface area is 151 Å². The summed E-state index contributed by atoms with van der Waals surface area (Å²) in [6.07, 6.45) is 1.63. The van der Waals surface area contributed by atoms with Gasteiger partial charge in [0.15, 0.2) is 0 Å². The second kappa shape index (κ2) is 6.95. The van der Waals surface area contributed by atoms with Crippen molar-refractivity contribution in [1.82, 2.24) is 0 Å². The van der Waals surface area contributed by atoms with Crippen LogP contribution in [0.1, 0.15) is 17.9 Å². The second-order valence-electron chi connectivity index (χ2n) is 6.25. The Morgan fingerprint density at radius 2 is 1.96 bits per heavy atom. The van der Waals surface area contributed by atoms with E-state index in [-0.39, 0.29) is 35.0 Å². The van der Waals surface area contributed by atoms with E-state index in [1.54, 1.807) is 24.3 Å². The van der Waals surface area contributed by atoms with Crippen LogP contribution in [0.5, 0.6) is 5.75 Å². The van der Waals surface area contributed by atoms with Crippen LogP contribution in [0.15, 0.2) is 42.5 Å². The lowest BCUT2D eigenvalue weighted by Crippen LogP contribution is -2.15. The van der Waals surface area contributed by atoms with Gasteiger partial charge < -0.3 is 10.1 Å². The molecule has 0 bridgehead atoms. The van der Waals surface area contributed by atoms with Crippen molar-refractivity contribution in [2.45, 2.75) is 12.3 Å². The first kappa shape index (κ1) is 18.2. The normalized spacial score (nSPS) is 18.9. The highest BCUT2D eigenvalue weighted by molar-refractivity contribution is 7.92. The molecule has 0 radical (unpaired) electrons. The lowest BCUT2D eigenvalue weighted by Gasteiger charge is -2.12. The molecule has 1 saturated carbocycles. The van der Waals surface area contributed by atoms with Crippen molar-refractivity contribution in [3.8, 4) is 5.75 Å². The number of rotatable bonds is 6. The molecule has 3 rings (SSSR count). The Kier molecular flexibility index (Phi) is 4.86. The average molecular weight is 378 g/mol. The number of carbonyl (C=O) groups is 1. The van der Waals surface area contributed by atoms with Crippen LogP contribution in [-0.4, -0.2) is 27.7 Å². The molecule has 2 atom stereocenters. The van der Waals surface area contributed by atoms with E-state index in [1.165, 1.54) is 25.3 Å². The number of carbonyl (C=O) groups excluding carboxylic acids is 1. The van der Waals surface area contributed by atoms with Gasteiger partial charge in [-0.15, -0.1) is 0 Å². The van der Waals surface area contributed by atoms with E-state index in [0.717, 1.165) is 6.26 Å². The largest absolute Gasteiger partial charge is 0.494 e. The summed E-state index contributed by atoms with van der Waals surface area (Å²) in [6.45, 7) is 0. The predicted molar refractivity (Wildman–Crippen MR) is 97.3 cm³/mol. The zero-order valence-corrected chi connectivity index (χ0v) is 15.1. The molecule has 1 amide bonds. The van der Waals surface area contributed by atoms with Gasteiger partial charge in [-0.2, -0.15) is 0 Å². The first-order valence-corrected chi connectivity index (χ1v) is 9.89. The highest BCUT2D eigenvalue weighted by atomic mass is 32.2. The number of nitrogens with one attached hydrogen (secondary N) is 2. The maximum atomic E-state index is 13.8. The molecule has 1 fully saturated rings. The van der Waals surface area contributed by atoms with E-state index in [1.807, 2.05) is 0 Å².